The number of nitrogens with one attached hydrogen (secondary N) is 1. The molecule has 5 nitrogen and oxygen atoms in total. The third-order valence-corrected chi connectivity index (χ3v) is 4.93. The molecule has 0 aliphatic heterocycles. The van der Waals surface area contributed by atoms with Gasteiger partial charge in [0.1, 0.15) is 5.82 Å². The van der Waals surface area contributed by atoms with Gasteiger partial charge in [0.05, 0.1) is 0 Å². The minimum atomic E-state index is -0.328. The molecular formula is C19H19FN4OS. The Kier molecular flexibility index (Phi) is 5.68. The van der Waals surface area contributed by atoms with E-state index in [0.29, 0.717) is 17.9 Å². The van der Waals surface area contributed by atoms with Gasteiger partial charge < -0.3 is 9.88 Å². The van der Waals surface area contributed by atoms with Crippen LogP contribution in [0.5, 0.6) is 0 Å². The van der Waals surface area contributed by atoms with Crippen molar-refractivity contribution < 1.29 is 9.18 Å². The summed E-state index contributed by atoms with van der Waals surface area (Å²) in [4.78, 5) is 12.0. The van der Waals surface area contributed by atoms with Gasteiger partial charge in [-0.1, -0.05) is 36.0 Å². The molecule has 3 aromatic rings. The van der Waals surface area contributed by atoms with Crippen LogP contribution in [0.4, 0.5) is 10.1 Å². The molecule has 134 valence electrons. The summed E-state index contributed by atoms with van der Waals surface area (Å²) in [6, 6.07) is 13.7. The quantitative estimate of drug-likeness (QED) is 0.665. The molecule has 7 heteroatoms. The average molecular weight is 370 g/mol. The first kappa shape index (κ1) is 18.1. The molecule has 1 N–H and O–H groups in total. The van der Waals surface area contributed by atoms with Crippen molar-refractivity contribution >= 4 is 23.4 Å². The number of hydrogen-bond acceptors (Lipinski definition) is 4. The summed E-state index contributed by atoms with van der Waals surface area (Å²) in [6.07, 6.45) is 0.328. The predicted molar refractivity (Wildman–Crippen MR) is 102 cm³/mol. The molecule has 1 heterocycles. The van der Waals surface area contributed by atoms with Gasteiger partial charge in [-0.3, -0.25) is 4.79 Å². The van der Waals surface area contributed by atoms with Gasteiger partial charge >= 0.3 is 0 Å². The SMILES string of the molecule is Cc1ccccc1-c1nnc(SCCC(=O)Nc2ccc(F)cc2)n1C. The first-order valence-electron chi connectivity index (χ1n) is 8.18. The van der Waals surface area contributed by atoms with E-state index in [1.54, 1.807) is 0 Å². The highest BCUT2D eigenvalue weighted by molar-refractivity contribution is 7.99. The molecule has 0 spiro atoms. The fourth-order valence-corrected chi connectivity index (χ4v) is 3.34. The Balaban J connectivity index is 1.56. The summed E-state index contributed by atoms with van der Waals surface area (Å²) in [5, 5.41) is 12.0. The predicted octanol–water partition coefficient (Wildman–Crippen LogP) is 4.05. The van der Waals surface area contributed by atoms with Crippen LogP contribution in [0.1, 0.15) is 12.0 Å². The van der Waals surface area contributed by atoms with E-state index in [9.17, 15) is 9.18 Å². The van der Waals surface area contributed by atoms with Crippen LogP contribution in [0, 0.1) is 12.7 Å². The zero-order valence-electron chi connectivity index (χ0n) is 14.6. The zero-order valence-corrected chi connectivity index (χ0v) is 15.4. The number of anilines is 1. The topological polar surface area (TPSA) is 59.8 Å². The van der Waals surface area contributed by atoms with Gasteiger partial charge in [-0.2, -0.15) is 0 Å². The number of hydrogen-bond donors (Lipinski definition) is 1. The Morgan fingerprint density at radius 3 is 2.62 bits per heavy atom. The Labute approximate surface area is 155 Å². The van der Waals surface area contributed by atoms with Crippen molar-refractivity contribution in [2.45, 2.75) is 18.5 Å². The number of aryl methyl sites for hydroxylation is 1. The maximum absolute atomic E-state index is 12.9. The molecule has 0 fully saturated rings. The third kappa shape index (κ3) is 4.29. The van der Waals surface area contributed by atoms with Gasteiger partial charge in [0.2, 0.25) is 5.91 Å². The molecule has 0 saturated heterocycles. The van der Waals surface area contributed by atoms with Crippen LogP contribution in [0.3, 0.4) is 0 Å². The van der Waals surface area contributed by atoms with E-state index in [4.69, 9.17) is 0 Å². The van der Waals surface area contributed by atoms with Crippen LogP contribution < -0.4 is 5.32 Å². The van der Waals surface area contributed by atoms with E-state index in [1.165, 1.54) is 36.0 Å². The Morgan fingerprint density at radius 1 is 1.15 bits per heavy atom. The lowest BCUT2D eigenvalue weighted by atomic mass is 10.1. The van der Waals surface area contributed by atoms with Crippen molar-refractivity contribution in [2.24, 2.45) is 7.05 Å². The fourth-order valence-electron chi connectivity index (χ4n) is 2.49. The summed E-state index contributed by atoms with van der Waals surface area (Å²) >= 11 is 1.48. The van der Waals surface area contributed by atoms with E-state index >= 15 is 0 Å². The summed E-state index contributed by atoms with van der Waals surface area (Å²) in [5.74, 6) is 0.935. The van der Waals surface area contributed by atoms with Gasteiger partial charge in [-0.15, -0.1) is 10.2 Å². The summed E-state index contributed by atoms with van der Waals surface area (Å²) in [7, 11) is 1.92. The van der Waals surface area contributed by atoms with Crippen LogP contribution in [-0.2, 0) is 11.8 Å². The van der Waals surface area contributed by atoms with Crippen LogP contribution >= 0.6 is 11.8 Å². The second-order valence-electron chi connectivity index (χ2n) is 5.83. The number of benzene rings is 2. The van der Waals surface area contributed by atoms with Crippen LogP contribution in [-0.4, -0.2) is 26.4 Å². The summed E-state index contributed by atoms with van der Waals surface area (Å²) < 4.78 is 14.8. The molecule has 2 aromatic carbocycles. The van der Waals surface area contributed by atoms with Gasteiger partial charge in [0, 0.05) is 30.5 Å². The molecule has 3 rings (SSSR count). The number of halogens is 1. The van der Waals surface area contributed by atoms with Crippen LogP contribution in [0.15, 0.2) is 53.7 Å². The molecule has 0 aliphatic carbocycles. The molecule has 26 heavy (non-hydrogen) atoms. The van der Waals surface area contributed by atoms with E-state index in [0.717, 1.165) is 22.1 Å². The van der Waals surface area contributed by atoms with Gasteiger partial charge in [-0.25, -0.2) is 4.39 Å². The molecule has 0 radical (unpaired) electrons. The zero-order chi connectivity index (χ0) is 18.5. The average Bonchev–Trinajstić information content (AvgIpc) is 2.98. The molecule has 0 unspecified atom stereocenters. The molecular weight excluding hydrogens is 351 g/mol. The third-order valence-electron chi connectivity index (χ3n) is 3.91. The minimum absolute atomic E-state index is 0.120. The lowest BCUT2D eigenvalue weighted by Crippen LogP contribution is -2.12. The normalized spacial score (nSPS) is 10.7. The summed E-state index contributed by atoms with van der Waals surface area (Å²) in [6.45, 7) is 2.04. The highest BCUT2D eigenvalue weighted by atomic mass is 32.2. The van der Waals surface area contributed by atoms with Crippen molar-refractivity contribution in [3.05, 3.63) is 59.9 Å². The maximum Gasteiger partial charge on any atom is 0.225 e. The van der Waals surface area contributed by atoms with Crippen molar-refractivity contribution in [2.75, 3.05) is 11.1 Å². The van der Waals surface area contributed by atoms with E-state index in [2.05, 4.69) is 15.5 Å². The lowest BCUT2D eigenvalue weighted by Gasteiger charge is -2.07. The largest absolute Gasteiger partial charge is 0.326 e. The van der Waals surface area contributed by atoms with Crippen molar-refractivity contribution in [3.8, 4) is 11.4 Å². The fraction of sp³-hybridized carbons (Fsp3) is 0.211. The number of rotatable bonds is 6. The highest BCUT2D eigenvalue weighted by Gasteiger charge is 2.13. The Bertz CT molecular complexity index is 908. The standard InChI is InChI=1S/C19H19FN4OS/c1-13-5-3-4-6-16(13)18-22-23-19(24(18)2)26-12-11-17(25)21-15-9-7-14(20)8-10-15/h3-10H,11-12H2,1-2H3,(H,21,25). The number of carbonyl (C=O) groups excluding carboxylic acids is 1. The van der Waals surface area contributed by atoms with E-state index in [-0.39, 0.29) is 11.7 Å². The van der Waals surface area contributed by atoms with Gasteiger partial charge in [0.25, 0.3) is 0 Å². The first-order valence-corrected chi connectivity index (χ1v) is 9.17. The summed E-state index contributed by atoms with van der Waals surface area (Å²) in [5.41, 5.74) is 2.77. The first-order chi connectivity index (χ1) is 12.5. The number of thioether (sulfide) groups is 1. The Hall–Kier alpha value is -2.67. The maximum atomic E-state index is 12.9. The highest BCUT2D eigenvalue weighted by Crippen LogP contribution is 2.25. The minimum Gasteiger partial charge on any atom is -0.326 e. The van der Waals surface area contributed by atoms with Gasteiger partial charge in [0.15, 0.2) is 11.0 Å². The second kappa shape index (κ2) is 8.14. The van der Waals surface area contributed by atoms with Gasteiger partial charge in [-0.05, 0) is 36.8 Å². The smallest absolute Gasteiger partial charge is 0.225 e. The molecule has 0 saturated carbocycles. The van der Waals surface area contributed by atoms with Crippen molar-refractivity contribution in [3.63, 3.8) is 0 Å². The molecule has 0 aliphatic rings. The van der Waals surface area contributed by atoms with Crippen LogP contribution in [0.2, 0.25) is 0 Å². The van der Waals surface area contributed by atoms with Crippen molar-refractivity contribution in [1.29, 1.82) is 0 Å². The Morgan fingerprint density at radius 2 is 1.88 bits per heavy atom. The van der Waals surface area contributed by atoms with E-state index < -0.39 is 0 Å². The molecule has 0 atom stereocenters. The van der Waals surface area contributed by atoms with E-state index in [1.807, 2.05) is 42.8 Å². The molecule has 1 amide bonds. The number of amides is 1. The number of aromatic nitrogens is 3. The number of nitrogens with zero attached hydrogens (tertiary/aromatic N) is 3. The molecule has 1 aromatic heterocycles. The second-order valence-corrected chi connectivity index (χ2v) is 6.90. The monoisotopic (exact) mass is 370 g/mol. The van der Waals surface area contributed by atoms with Crippen molar-refractivity contribution in [1.82, 2.24) is 14.8 Å². The number of carbonyl (C=O) groups is 1. The van der Waals surface area contributed by atoms with Crippen LogP contribution in [0.25, 0.3) is 11.4 Å². The lowest BCUT2D eigenvalue weighted by molar-refractivity contribution is -0.115. The molecule has 0 bridgehead atoms.